The van der Waals surface area contributed by atoms with Crippen LogP contribution in [0, 0.1) is 0 Å². The van der Waals surface area contributed by atoms with Crippen molar-refractivity contribution in [2.24, 2.45) is 0 Å². The number of aliphatic hydroxyl groups excluding tert-OH is 1. The normalized spacial score (nSPS) is 16.7. The van der Waals surface area contributed by atoms with Gasteiger partial charge >= 0.3 is 6.03 Å². The number of anilines is 2. The lowest BCUT2D eigenvalue weighted by atomic mass is 9.99. The first-order valence-corrected chi connectivity index (χ1v) is 15.3. The Kier molecular flexibility index (Phi) is 10.3. The number of benzene rings is 4. The molecule has 5 rings (SSSR count). The van der Waals surface area contributed by atoms with Crippen LogP contribution >= 0.6 is 0 Å². The van der Waals surface area contributed by atoms with Crippen molar-refractivity contribution in [2.75, 3.05) is 32.2 Å². The van der Waals surface area contributed by atoms with Gasteiger partial charge in [-0.2, -0.15) is 0 Å². The number of nitrogens with two attached hydrogens (primary N) is 2. The standard InChI is InChI=1S/C36H41N5O5/c1-45-33-20-27(13-16-29(33)37)22-39-31(19-26-11-7-4-8-12-26)32(42)24-40(35(43)18-15-25-9-5-3-6-10-25)41(36(39)44)23-28-14-17-30(38)34(21-28)46-2/h3-14,16-17,20-21,31-32,42H,15,18-19,22-24,37-38H2,1-2H3/t31-,32-/m1/s1. The van der Waals surface area contributed by atoms with E-state index in [1.807, 2.05) is 66.7 Å². The zero-order valence-corrected chi connectivity index (χ0v) is 26.2. The molecule has 1 saturated heterocycles. The van der Waals surface area contributed by atoms with Crippen LogP contribution in [-0.2, 0) is 30.7 Å². The smallest absolute Gasteiger partial charge is 0.339 e. The molecule has 2 atom stereocenters. The van der Waals surface area contributed by atoms with E-state index in [1.54, 1.807) is 35.2 Å². The fraction of sp³-hybridized carbons (Fsp3) is 0.278. The van der Waals surface area contributed by atoms with Gasteiger partial charge in [0, 0.05) is 13.0 Å². The predicted molar refractivity (Wildman–Crippen MR) is 178 cm³/mol. The number of hydrogen-bond acceptors (Lipinski definition) is 7. The number of aryl methyl sites for hydroxylation is 1. The average molecular weight is 624 g/mol. The van der Waals surface area contributed by atoms with Crippen LogP contribution in [0.3, 0.4) is 0 Å². The van der Waals surface area contributed by atoms with Crippen molar-refractivity contribution in [1.82, 2.24) is 14.9 Å². The van der Waals surface area contributed by atoms with E-state index in [9.17, 15) is 14.7 Å². The maximum absolute atomic E-state index is 14.8. The molecule has 5 N–H and O–H groups in total. The number of rotatable bonds is 11. The Hall–Kier alpha value is -5.22. The first-order chi connectivity index (χ1) is 22.3. The van der Waals surface area contributed by atoms with Crippen molar-refractivity contribution < 1.29 is 24.2 Å². The molecule has 0 saturated carbocycles. The molecule has 10 nitrogen and oxygen atoms in total. The highest BCUT2D eigenvalue weighted by Gasteiger charge is 2.42. The van der Waals surface area contributed by atoms with E-state index in [4.69, 9.17) is 20.9 Å². The molecule has 3 amide bonds. The van der Waals surface area contributed by atoms with Gasteiger partial charge in [-0.05, 0) is 59.4 Å². The minimum absolute atomic E-state index is 0.0545. The second-order valence-corrected chi connectivity index (χ2v) is 11.4. The molecular formula is C36H41N5O5. The number of urea groups is 1. The lowest BCUT2D eigenvalue weighted by molar-refractivity contribution is -0.147. The summed E-state index contributed by atoms with van der Waals surface area (Å²) in [7, 11) is 3.06. The van der Waals surface area contributed by atoms with Crippen LogP contribution in [0.5, 0.6) is 11.5 Å². The highest BCUT2D eigenvalue weighted by molar-refractivity contribution is 5.82. The summed E-state index contributed by atoms with van der Waals surface area (Å²) in [6.07, 6.45) is -0.0159. The van der Waals surface area contributed by atoms with Crippen LogP contribution in [0.4, 0.5) is 16.2 Å². The van der Waals surface area contributed by atoms with Crippen molar-refractivity contribution in [2.45, 2.75) is 44.5 Å². The van der Waals surface area contributed by atoms with Crippen molar-refractivity contribution in [3.63, 3.8) is 0 Å². The van der Waals surface area contributed by atoms with Crippen LogP contribution in [0.1, 0.15) is 28.7 Å². The molecule has 0 spiro atoms. The van der Waals surface area contributed by atoms with Gasteiger partial charge in [-0.25, -0.2) is 14.8 Å². The first-order valence-electron chi connectivity index (χ1n) is 15.3. The van der Waals surface area contributed by atoms with Gasteiger partial charge in [0.25, 0.3) is 0 Å². The number of β-amino-alcohol motifs (C(OH)–C–C–N with tert-alkyl or cyclic N) is 1. The summed E-state index contributed by atoms with van der Waals surface area (Å²) in [5.41, 5.74) is 16.5. The summed E-state index contributed by atoms with van der Waals surface area (Å²) >= 11 is 0. The van der Waals surface area contributed by atoms with Gasteiger partial charge in [-0.3, -0.25) is 4.79 Å². The molecule has 4 aromatic rings. The molecular weight excluding hydrogens is 582 g/mol. The summed E-state index contributed by atoms with van der Waals surface area (Å²) in [5, 5.41) is 14.7. The Labute approximate surface area is 269 Å². The number of ether oxygens (including phenoxy) is 2. The highest BCUT2D eigenvalue weighted by Crippen LogP contribution is 2.30. The third kappa shape index (κ3) is 7.52. The topological polar surface area (TPSA) is 135 Å². The Bertz CT molecular complexity index is 1630. The third-order valence-corrected chi connectivity index (χ3v) is 8.29. The highest BCUT2D eigenvalue weighted by atomic mass is 16.5. The SMILES string of the molecule is COc1cc(CN2C(=O)N(Cc3ccc(N)c(OC)c3)N(C(=O)CCc3ccccc3)C[C@@H](O)[C@H]2Cc2ccccc2)ccc1N. The Morgan fingerprint density at radius 1 is 0.783 bits per heavy atom. The summed E-state index contributed by atoms with van der Waals surface area (Å²) in [5.74, 6) is 0.686. The number of amides is 3. The van der Waals surface area contributed by atoms with E-state index in [-0.39, 0.29) is 32.0 Å². The molecule has 0 aromatic heterocycles. The minimum atomic E-state index is -1.05. The lowest BCUT2D eigenvalue weighted by Crippen LogP contribution is -2.52. The summed E-state index contributed by atoms with van der Waals surface area (Å²) < 4.78 is 10.9. The Morgan fingerprint density at radius 3 is 1.89 bits per heavy atom. The monoisotopic (exact) mass is 623 g/mol. The summed E-state index contributed by atoms with van der Waals surface area (Å²) in [6.45, 7) is 0.140. The maximum Gasteiger partial charge on any atom is 0.339 e. The van der Waals surface area contributed by atoms with E-state index < -0.39 is 18.2 Å². The fourth-order valence-electron chi connectivity index (χ4n) is 5.78. The molecule has 1 aliphatic heterocycles. The van der Waals surface area contributed by atoms with E-state index >= 15 is 0 Å². The molecule has 0 aliphatic carbocycles. The summed E-state index contributed by atoms with van der Waals surface area (Å²) in [4.78, 5) is 30.4. The molecule has 46 heavy (non-hydrogen) atoms. The van der Waals surface area contributed by atoms with Gasteiger partial charge in [0.2, 0.25) is 5.91 Å². The van der Waals surface area contributed by atoms with Crippen LogP contribution in [0.15, 0.2) is 97.1 Å². The maximum atomic E-state index is 14.8. The number of carbonyl (C=O) groups is 2. The quantitative estimate of drug-likeness (QED) is 0.207. The van der Waals surface area contributed by atoms with E-state index in [1.165, 1.54) is 24.2 Å². The average Bonchev–Trinajstić information content (AvgIpc) is 3.16. The van der Waals surface area contributed by atoms with Crippen LogP contribution in [-0.4, -0.2) is 64.9 Å². The number of aliphatic hydroxyl groups is 1. The molecule has 1 fully saturated rings. The van der Waals surface area contributed by atoms with Gasteiger partial charge < -0.3 is 30.9 Å². The zero-order valence-electron chi connectivity index (χ0n) is 26.2. The summed E-state index contributed by atoms with van der Waals surface area (Å²) in [6, 6.07) is 29.0. The number of methoxy groups -OCH3 is 2. The molecule has 1 aliphatic rings. The van der Waals surface area contributed by atoms with Gasteiger partial charge in [-0.15, -0.1) is 0 Å². The number of nitrogens with zero attached hydrogens (tertiary/aromatic N) is 3. The molecule has 0 unspecified atom stereocenters. The predicted octanol–water partition coefficient (Wildman–Crippen LogP) is 4.65. The van der Waals surface area contributed by atoms with Gasteiger partial charge in [0.15, 0.2) is 0 Å². The number of carbonyl (C=O) groups excluding carboxylic acids is 2. The van der Waals surface area contributed by atoms with Gasteiger partial charge in [-0.1, -0.05) is 72.8 Å². The molecule has 4 aromatic carbocycles. The Morgan fingerprint density at radius 2 is 1.33 bits per heavy atom. The van der Waals surface area contributed by atoms with E-state index in [0.717, 1.165) is 16.7 Å². The molecule has 1 heterocycles. The second-order valence-electron chi connectivity index (χ2n) is 11.4. The van der Waals surface area contributed by atoms with Crippen molar-refractivity contribution >= 4 is 23.3 Å². The van der Waals surface area contributed by atoms with Gasteiger partial charge in [0.1, 0.15) is 11.5 Å². The number of hydrogen-bond donors (Lipinski definition) is 3. The lowest BCUT2D eigenvalue weighted by Gasteiger charge is -2.36. The fourth-order valence-corrected chi connectivity index (χ4v) is 5.78. The van der Waals surface area contributed by atoms with Crippen LogP contribution in [0.2, 0.25) is 0 Å². The van der Waals surface area contributed by atoms with E-state index in [2.05, 4.69) is 0 Å². The first kappa shape index (κ1) is 32.2. The number of nitrogen functional groups attached to an aromatic ring is 2. The third-order valence-electron chi connectivity index (χ3n) is 8.29. The van der Waals surface area contributed by atoms with Crippen LogP contribution < -0.4 is 20.9 Å². The van der Waals surface area contributed by atoms with Crippen LogP contribution in [0.25, 0.3) is 0 Å². The Balaban J connectivity index is 1.55. The minimum Gasteiger partial charge on any atom is -0.495 e. The molecule has 240 valence electrons. The van der Waals surface area contributed by atoms with Crippen molar-refractivity contribution in [3.8, 4) is 11.5 Å². The number of hydrazine groups is 1. The molecule has 0 bridgehead atoms. The second kappa shape index (κ2) is 14.7. The molecule has 0 radical (unpaired) electrons. The largest absolute Gasteiger partial charge is 0.495 e. The van der Waals surface area contributed by atoms with Gasteiger partial charge in [0.05, 0.1) is 50.8 Å². The van der Waals surface area contributed by atoms with Crippen molar-refractivity contribution in [1.29, 1.82) is 0 Å². The van der Waals surface area contributed by atoms with E-state index in [0.29, 0.717) is 41.3 Å². The zero-order chi connectivity index (χ0) is 32.6. The van der Waals surface area contributed by atoms with Crippen molar-refractivity contribution in [3.05, 3.63) is 119 Å². The molecule has 10 heteroatoms.